The minimum atomic E-state index is -1.29. The van der Waals surface area contributed by atoms with Gasteiger partial charge in [0, 0.05) is 8.07 Å². The van der Waals surface area contributed by atoms with E-state index in [9.17, 15) is 9.90 Å². The average Bonchev–Trinajstić information content (AvgIpc) is 2.02. The number of aliphatic carboxylic acids is 1. The number of hydrogen-bond donors (Lipinski definition) is 1. The Morgan fingerprint density at radius 3 is 2.43 bits per heavy atom. The molecular formula is C11H20O2Si. The summed E-state index contributed by atoms with van der Waals surface area (Å²) in [5, 5.41) is 9.34. The minimum Gasteiger partial charge on any atom is -0.481 e. The molecule has 0 spiro atoms. The highest BCUT2D eigenvalue weighted by atomic mass is 28.3. The van der Waals surface area contributed by atoms with Crippen LogP contribution in [0, 0.1) is 5.41 Å². The van der Waals surface area contributed by atoms with Crippen LogP contribution in [0.1, 0.15) is 19.3 Å². The maximum atomic E-state index is 11.3. The number of carboxylic acid groups (broad SMARTS) is 1. The maximum absolute atomic E-state index is 11.3. The zero-order chi connectivity index (χ0) is 10.8. The van der Waals surface area contributed by atoms with E-state index in [4.69, 9.17) is 0 Å². The Hall–Kier alpha value is -0.573. The number of rotatable bonds is 3. The van der Waals surface area contributed by atoms with Crippen LogP contribution < -0.4 is 0 Å². The van der Waals surface area contributed by atoms with Crippen LogP contribution >= 0.6 is 0 Å². The predicted octanol–water partition coefficient (Wildman–Crippen LogP) is 3.14. The van der Waals surface area contributed by atoms with E-state index in [1.165, 1.54) is 0 Å². The SMILES string of the molecule is C[Si](C)(C)CC1(C(=O)O)CC=CCC1. The highest BCUT2D eigenvalue weighted by Crippen LogP contribution is 2.40. The third-order valence-corrected chi connectivity index (χ3v) is 4.52. The molecule has 0 aromatic heterocycles. The monoisotopic (exact) mass is 212 g/mol. The average molecular weight is 212 g/mol. The van der Waals surface area contributed by atoms with Crippen molar-refractivity contribution in [3.8, 4) is 0 Å². The lowest BCUT2D eigenvalue weighted by Crippen LogP contribution is -2.39. The first-order valence-electron chi connectivity index (χ1n) is 5.24. The first kappa shape index (κ1) is 11.5. The summed E-state index contributed by atoms with van der Waals surface area (Å²) in [6.07, 6.45) is 6.62. The van der Waals surface area contributed by atoms with Crippen LogP contribution in [-0.4, -0.2) is 19.1 Å². The van der Waals surface area contributed by atoms with Gasteiger partial charge in [-0.1, -0.05) is 31.8 Å². The Kier molecular flexibility index (Phi) is 3.19. The van der Waals surface area contributed by atoms with E-state index in [1.54, 1.807) is 0 Å². The van der Waals surface area contributed by atoms with Crippen LogP contribution in [0.3, 0.4) is 0 Å². The molecule has 14 heavy (non-hydrogen) atoms. The maximum Gasteiger partial charge on any atom is 0.309 e. The van der Waals surface area contributed by atoms with Crippen molar-refractivity contribution in [1.82, 2.24) is 0 Å². The molecule has 0 aromatic rings. The second kappa shape index (κ2) is 3.89. The van der Waals surface area contributed by atoms with Crippen LogP contribution in [0.4, 0.5) is 0 Å². The van der Waals surface area contributed by atoms with Gasteiger partial charge in [0.1, 0.15) is 0 Å². The van der Waals surface area contributed by atoms with E-state index < -0.39 is 19.5 Å². The van der Waals surface area contributed by atoms with E-state index in [0.717, 1.165) is 25.3 Å². The van der Waals surface area contributed by atoms with Crippen molar-refractivity contribution in [2.75, 3.05) is 0 Å². The van der Waals surface area contributed by atoms with Gasteiger partial charge in [0.05, 0.1) is 5.41 Å². The van der Waals surface area contributed by atoms with Gasteiger partial charge in [0.25, 0.3) is 0 Å². The zero-order valence-corrected chi connectivity index (χ0v) is 10.3. The Bertz CT molecular complexity index is 253. The van der Waals surface area contributed by atoms with Crippen LogP contribution in [-0.2, 0) is 4.79 Å². The van der Waals surface area contributed by atoms with E-state index in [2.05, 4.69) is 25.7 Å². The molecule has 0 saturated heterocycles. The molecule has 0 aromatic carbocycles. The second-order valence-corrected chi connectivity index (χ2v) is 11.0. The lowest BCUT2D eigenvalue weighted by Gasteiger charge is -2.35. The predicted molar refractivity (Wildman–Crippen MR) is 61.2 cm³/mol. The number of hydrogen-bond acceptors (Lipinski definition) is 1. The molecule has 0 bridgehead atoms. The van der Waals surface area contributed by atoms with E-state index >= 15 is 0 Å². The first-order chi connectivity index (χ1) is 6.36. The molecule has 2 nitrogen and oxygen atoms in total. The summed E-state index contributed by atoms with van der Waals surface area (Å²) < 4.78 is 0. The summed E-state index contributed by atoms with van der Waals surface area (Å²) in [5.41, 5.74) is -0.445. The Labute approximate surface area is 87.0 Å². The fourth-order valence-corrected chi connectivity index (χ4v) is 4.84. The fourth-order valence-electron chi connectivity index (χ4n) is 2.33. The van der Waals surface area contributed by atoms with Gasteiger partial charge >= 0.3 is 5.97 Å². The van der Waals surface area contributed by atoms with Crippen LogP contribution in [0.2, 0.25) is 25.7 Å². The summed E-state index contributed by atoms with van der Waals surface area (Å²) in [6, 6.07) is 0.902. The van der Waals surface area contributed by atoms with Gasteiger partial charge in [-0.2, -0.15) is 0 Å². The van der Waals surface area contributed by atoms with Crippen molar-refractivity contribution in [2.24, 2.45) is 5.41 Å². The van der Waals surface area contributed by atoms with Gasteiger partial charge < -0.3 is 5.11 Å². The van der Waals surface area contributed by atoms with Crippen LogP contribution in [0.5, 0.6) is 0 Å². The van der Waals surface area contributed by atoms with Crippen molar-refractivity contribution >= 4 is 14.0 Å². The van der Waals surface area contributed by atoms with E-state index in [-0.39, 0.29) is 0 Å². The van der Waals surface area contributed by atoms with Crippen molar-refractivity contribution < 1.29 is 9.90 Å². The molecule has 0 aliphatic heterocycles. The third kappa shape index (κ3) is 2.71. The molecule has 0 fully saturated rings. The molecule has 0 heterocycles. The van der Waals surface area contributed by atoms with Crippen LogP contribution in [0.15, 0.2) is 12.2 Å². The summed E-state index contributed by atoms with van der Waals surface area (Å²) in [7, 11) is -1.29. The smallest absolute Gasteiger partial charge is 0.309 e. The van der Waals surface area contributed by atoms with Crippen molar-refractivity contribution in [1.29, 1.82) is 0 Å². The second-order valence-electron chi connectivity index (χ2n) is 5.54. The van der Waals surface area contributed by atoms with Gasteiger partial charge in [-0.05, 0) is 25.3 Å². The lowest BCUT2D eigenvalue weighted by molar-refractivity contribution is -0.148. The molecule has 0 radical (unpaired) electrons. The highest BCUT2D eigenvalue weighted by Gasteiger charge is 2.41. The summed E-state index contributed by atoms with van der Waals surface area (Å²) >= 11 is 0. The molecule has 3 heteroatoms. The Morgan fingerprint density at radius 2 is 2.07 bits per heavy atom. The number of allylic oxidation sites excluding steroid dienone is 2. The zero-order valence-electron chi connectivity index (χ0n) is 9.34. The summed E-state index contributed by atoms with van der Waals surface area (Å²) in [5.74, 6) is -0.593. The Morgan fingerprint density at radius 1 is 1.43 bits per heavy atom. The molecule has 80 valence electrons. The minimum absolute atomic E-state index is 0.445. The molecular weight excluding hydrogens is 192 g/mol. The van der Waals surface area contributed by atoms with Gasteiger partial charge in [-0.3, -0.25) is 4.79 Å². The largest absolute Gasteiger partial charge is 0.481 e. The number of carbonyl (C=O) groups is 1. The van der Waals surface area contributed by atoms with Gasteiger partial charge in [0.2, 0.25) is 0 Å². The van der Waals surface area contributed by atoms with E-state index in [1.807, 2.05) is 6.08 Å². The number of carboxylic acids is 1. The highest BCUT2D eigenvalue weighted by molar-refractivity contribution is 6.76. The first-order valence-corrected chi connectivity index (χ1v) is 8.95. The van der Waals surface area contributed by atoms with Gasteiger partial charge in [-0.25, -0.2) is 0 Å². The van der Waals surface area contributed by atoms with Crippen molar-refractivity contribution in [2.45, 2.75) is 44.9 Å². The molecule has 1 unspecified atom stereocenters. The quantitative estimate of drug-likeness (QED) is 0.576. The normalized spacial score (nSPS) is 27.6. The third-order valence-electron chi connectivity index (χ3n) is 2.79. The summed E-state index contributed by atoms with van der Waals surface area (Å²) in [6.45, 7) is 6.74. The topological polar surface area (TPSA) is 37.3 Å². The molecule has 0 amide bonds. The summed E-state index contributed by atoms with van der Waals surface area (Å²) in [4.78, 5) is 11.3. The van der Waals surface area contributed by atoms with Crippen LogP contribution in [0.25, 0.3) is 0 Å². The van der Waals surface area contributed by atoms with Gasteiger partial charge in [0.15, 0.2) is 0 Å². The molecule has 0 saturated carbocycles. The van der Waals surface area contributed by atoms with Crippen molar-refractivity contribution in [3.63, 3.8) is 0 Å². The lowest BCUT2D eigenvalue weighted by atomic mass is 9.79. The fraction of sp³-hybridized carbons (Fsp3) is 0.727. The molecule has 1 aliphatic rings. The molecule has 1 atom stereocenters. The molecule has 1 N–H and O–H groups in total. The van der Waals surface area contributed by atoms with E-state index in [0.29, 0.717) is 0 Å². The standard InChI is InChI=1S/C11H20O2Si/c1-14(2,3)9-11(10(12)13)7-5-4-6-8-11/h4-5H,6-9H2,1-3H3,(H,12,13). The Balaban J connectivity index is 2.83. The van der Waals surface area contributed by atoms with Gasteiger partial charge in [-0.15, -0.1) is 0 Å². The molecule has 1 aliphatic carbocycles. The van der Waals surface area contributed by atoms with Crippen molar-refractivity contribution in [3.05, 3.63) is 12.2 Å². The molecule has 1 rings (SSSR count).